The number of benzene rings is 1. The second kappa shape index (κ2) is 7.15. The standard InChI is InChI=1S/C18H12ClN5OS/c19-13-3-1-2-11(6-13)14-8-21-17(23-14)12-4-5-16(20-7-12)24-18(25)15-9-26-10-22-15/h1-7,9-10H,8H2,(H,20,24,25). The summed E-state index contributed by atoms with van der Waals surface area (Å²) in [7, 11) is 0. The van der Waals surface area contributed by atoms with Crippen molar-refractivity contribution in [2.24, 2.45) is 9.98 Å². The molecule has 0 spiro atoms. The zero-order valence-electron chi connectivity index (χ0n) is 13.4. The van der Waals surface area contributed by atoms with E-state index in [0.717, 1.165) is 16.8 Å². The van der Waals surface area contributed by atoms with Gasteiger partial charge in [0.2, 0.25) is 0 Å². The summed E-state index contributed by atoms with van der Waals surface area (Å²) in [6, 6.07) is 11.1. The number of carbonyl (C=O) groups is 1. The molecular formula is C18H12ClN5OS. The average molecular weight is 382 g/mol. The number of halogens is 1. The van der Waals surface area contributed by atoms with Crippen molar-refractivity contribution < 1.29 is 4.79 Å². The highest BCUT2D eigenvalue weighted by atomic mass is 35.5. The summed E-state index contributed by atoms with van der Waals surface area (Å²) in [5.74, 6) is 0.778. The van der Waals surface area contributed by atoms with Crippen LogP contribution in [0.2, 0.25) is 5.02 Å². The summed E-state index contributed by atoms with van der Waals surface area (Å²) in [4.78, 5) is 29.2. The van der Waals surface area contributed by atoms with E-state index in [1.807, 2.05) is 30.3 Å². The van der Waals surface area contributed by atoms with E-state index in [9.17, 15) is 4.79 Å². The SMILES string of the molecule is O=C(Nc1ccc(C2=NCC(c3cccc(Cl)c3)=N2)cn1)c1cscn1. The zero-order chi connectivity index (χ0) is 17.9. The summed E-state index contributed by atoms with van der Waals surface area (Å²) in [6.45, 7) is 0.498. The molecule has 0 saturated carbocycles. The highest BCUT2D eigenvalue weighted by molar-refractivity contribution is 7.07. The van der Waals surface area contributed by atoms with Gasteiger partial charge in [-0.05, 0) is 29.8 Å². The quantitative estimate of drug-likeness (QED) is 0.748. The molecule has 0 aliphatic carbocycles. The molecule has 0 fully saturated rings. The Hall–Kier alpha value is -2.90. The lowest BCUT2D eigenvalue weighted by Gasteiger charge is -2.03. The van der Waals surface area contributed by atoms with Crippen LogP contribution in [0.25, 0.3) is 0 Å². The van der Waals surface area contributed by atoms with Crippen LogP contribution in [0.15, 0.2) is 63.5 Å². The van der Waals surface area contributed by atoms with Gasteiger partial charge in [0.25, 0.3) is 5.91 Å². The van der Waals surface area contributed by atoms with Crippen molar-refractivity contribution in [3.8, 4) is 0 Å². The van der Waals surface area contributed by atoms with E-state index in [0.29, 0.717) is 28.9 Å². The van der Waals surface area contributed by atoms with Gasteiger partial charge >= 0.3 is 0 Å². The van der Waals surface area contributed by atoms with Crippen LogP contribution in [-0.4, -0.2) is 34.0 Å². The number of thiazole rings is 1. The fourth-order valence-electron chi connectivity index (χ4n) is 2.43. The van der Waals surface area contributed by atoms with Gasteiger partial charge in [-0.3, -0.25) is 9.79 Å². The molecule has 0 saturated heterocycles. The molecule has 1 amide bonds. The van der Waals surface area contributed by atoms with E-state index < -0.39 is 0 Å². The molecular weight excluding hydrogens is 370 g/mol. The van der Waals surface area contributed by atoms with Crippen molar-refractivity contribution in [3.63, 3.8) is 0 Å². The number of nitrogens with zero attached hydrogens (tertiary/aromatic N) is 4. The number of nitrogens with one attached hydrogen (secondary N) is 1. The lowest BCUT2D eigenvalue weighted by molar-refractivity contribution is 0.102. The zero-order valence-corrected chi connectivity index (χ0v) is 15.0. The normalized spacial score (nSPS) is 13.3. The maximum absolute atomic E-state index is 12.0. The molecule has 0 bridgehead atoms. The predicted octanol–water partition coefficient (Wildman–Crippen LogP) is 3.69. The largest absolute Gasteiger partial charge is 0.305 e. The third-order valence-corrected chi connectivity index (χ3v) is 4.53. The van der Waals surface area contributed by atoms with Crippen LogP contribution in [0.4, 0.5) is 5.82 Å². The van der Waals surface area contributed by atoms with E-state index in [4.69, 9.17) is 11.6 Å². The number of amidine groups is 1. The molecule has 128 valence electrons. The molecule has 4 rings (SSSR count). The molecule has 3 aromatic rings. The summed E-state index contributed by atoms with van der Waals surface area (Å²) >= 11 is 7.40. The summed E-state index contributed by atoms with van der Waals surface area (Å²) in [5.41, 5.74) is 4.59. The van der Waals surface area contributed by atoms with Crippen molar-refractivity contribution in [1.82, 2.24) is 9.97 Å². The number of rotatable bonds is 4. The number of hydrogen-bond donors (Lipinski definition) is 1. The predicted molar refractivity (Wildman–Crippen MR) is 104 cm³/mol. The van der Waals surface area contributed by atoms with Gasteiger partial charge in [-0.1, -0.05) is 23.7 Å². The number of hydrogen-bond acceptors (Lipinski definition) is 6. The van der Waals surface area contributed by atoms with Crippen molar-refractivity contribution in [2.75, 3.05) is 11.9 Å². The van der Waals surface area contributed by atoms with Gasteiger partial charge in [0.15, 0.2) is 5.84 Å². The molecule has 6 nitrogen and oxygen atoms in total. The Kier molecular flexibility index (Phi) is 4.55. The molecule has 3 heterocycles. The number of carbonyl (C=O) groups excluding carboxylic acids is 1. The van der Waals surface area contributed by atoms with Gasteiger partial charge in [0, 0.05) is 22.2 Å². The van der Waals surface area contributed by atoms with Crippen molar-refractivity contribution >= 4 is 46.2 Å². The van der Waals surface area contributed by atoms with Gasteiger partial charge in [0.05, 0.1) is 17.8 Å². The lowest BCUT2D eigenvalue weighted by atomic mass is 10.1. The molecule has 26 heavy (non-hydrogen) atoms. The Morgan fingerprint density at radius 2 is 2.08 bits per heavy atom. The molecule has 8 heteroatoms. The Morgan fingerprint density at radius 3 is 2.81 bits per heavy atom. The van der Waals surface area contributed by atoms with Crippen LogP contribution in [0, 0.1) is 0 Å². The van der Waals surface area contributed by atoms with Crippen LogP contribution in [-0.2, 0) is 0 Å². The molecule has 0 unspecified atom stereocenters. The second-order valence-corrected chi connectivity index (χ2v) is 6.62. The van der Waals surface area contributed by atoms with E-state index in [1.165, 1.54) is 11.3 Å². The number of amides is 1. The molecule has 2 aromatic heterocycles. The maximum atomic E-state index is 12.0. The van der Waals surface area contributed by atoms with Gasteiger partial charge < -0.3 is 5.32 Å². The van der Waals surface area contributed by atoms with Gasteiger partial charge in [-0.15, -0.1) is 11.3 Å². The third kappa shape index (κ3) is 3.54. The van der Waals surface area contributed by atoms with Crippen molar-refractivity contribution in [3.05, 3.63) is 75.3 Å². The highest BCUT2D eigenvalue weighted by Crippen LogP contribution is 2.17. The molecule has 0 atom stereocenters. The summed E-state index contributed by atoms with van der Waals surface area (Å²) in [6.07, 6.45) is 1.64. The van der Waals surface area contributed by atoms with E-state index >= 15 is 0 Å². The second-order valence-electron chi connectivity index (χ2n) is 5.47. The minimum atomic E-state index is -0.286. The lowest BCUT2D eigenvalue weighted by Crippen LogP contribution is -2.13. The number of aliphatic imine (C=N–C) groups is 2. The Bertz CT molecular complexity index is 1010. The fraction of sp³-hybridized carbons (Fsp3) is 0.0556. The number of anilines is 1. The van der Waals surface area contributed by atoms with Crippen LogP contribution in [0.5, 0.6) is 0 Å². The first-order chi connectivity index (χ1) is 12.7. The number of aromatic nitrogens is 2. The van der Waals surface area contributed by atoms with Crippen LogP contribution in [0.1, 0.15) is 21.6 Å². The monoisotopic (exact) mass is 381 g/mol. The van der Waals surface area contributed by atoms with Crippen LogP contribution < -0.4 is 5.32 Å². The first-order valence-electron chi connectivity index (χ1n) is 7.73. The molecule has 1 aromatic carbocycles. The minimum Gasteiger partial charge on any atom is -0.305 e. The Morgan fingerprint density at radius 1 is 1.15 bits per heavy atom. The van der Waals surface area contributed by atoms with Crippen LogP contribution >= 0.6 is 22.9 Å². The van der Waals surface area contributed by atoms with Crippen LogP contribution in [0.3, 0.4) is 0 Å². The van der Waals surface area contributed by atoms with E-state index in [1.54, 1.807) is 23.2 Å². The van der Waals surface area contributed by atoms with Gasteiger partial charge in [-0.2, -0.15) is 0 Å². The molecule has 1 aliphatic rings. The maximum Gasteiger partial charge on any atom is 0.276 e. The van der Waals surface area contributed by atoms with E-state index in [-0.39, 0.29) is 5.91 Å². The first-order valence-corrected chi connectivity index (χ1v) is 9.05. The minimum absolute atomic E-state index is 0.286. The Labute approximate surface area is 158 Å². The first kappa shape index (κ1) is 16.6. The topological polar surface area (TPSA) is 79.6 Å². The van der Waals surface area contributed by atoms with Crippen molar-refractivity contribution in [2.45, 2.75) is 0 Å². The molecule has 0 radical (unpaired) electrons. The third-order valence-electron chi connectivity index (χ3n) is 3.71. The summed E-state index contributed by atoms with van der Waals surface area (Å²) < 4.78 is 0. The average Bonchev–Trinajstić information content (AvgIpc) is 3.35. The summed E-state index contributed by atoms with van der Waals surface area (Å²) in [5, 5.41) is 5.06. The highest BCUT2D eigenvalue weighted by Gasteiger charge is 2.15. The number of pyridine rings is 1. The fourth-order valence-corrected chi connectivity index (χ4v) is 3.16. The Balaban J connectivity index is 1.48. The smallest absolute Gasteiger partial charge is 0.276 e. The van der Waals surface area contributed by atoms with Crippen molar-refractivity contribution in [1.29, 1.82) is 0 Å². The molecule has 1 aliphatic heterocycles. The van der Waals surface area contributed by atoms with Gasteiger partial charge in [0.1, 0.15) is 11.5 Å². The van der Waals surface area contributed by atoms with E-state index in [2.05, 4.69) is 25.3 Å². The molecule has 1 N–H and O–H groups in total. The van der Waals surface area contributed by atoms with Gasteiger partial charge in [-0.25, -0.2) is 15.0 Å².